The predicted molar refractivity (Wildman–Crippen MR) is 85.2 cm³/mol. The molecule has 2 aromatic rings. The number of anilines is 1. The normalized spacial score (nSPS) is 18.8. The van der Waals surface area contributed by atoms with Crippen molar-refractivity contribution in [3.8, 4) is 0 Å². The van der Waals surface area contributed by atoms with Crippen molar-refractivity contribution in [2.45, 2.75) is 32.9 Å². The van der Waals surface area contributed by atoms with Gasteiger partial charge in [-0.2, -0.15) is 5.10 Å². The molecule has 2 amide bonds. The van der Waals surface area contributed by atoms with E-state index in [1.165, 1.54) is 0 Å². The van der Waals surface area contributed by atoms with Gasteiger partial charge >= 0.3 is 6.03 Å². The Balaban J connectivity index is 1.56. The zero-order chi connectivity index (χ0) is 16.2. The first-order valence-electron chi connectivity index (χ1n) is 7.85. The van der Waals surface area contributed by atoms with Gasteiger partial charge in [0.25, 0.3) is 0 Å². The van der Waals surface area contributed by atoms with E-state index in [4.69, 9.17) is 9.15 Å². The minimum absolute atomic E-state index is 0.205. The molecule has 1 fully saturated rings. The third kappa shape index (κ3) is 3.92. The minimum atomic E-state index is -0.282. The molecule has 124 valence electrons. The predicted octanol–water partition coefficient (Wildman–Crippen LogP) is 2.70. The van der Waals surface area contributed by atoms with Gasteiger partial charge in [-0.15, -0.1) is 0 Å². The van der Waals surface area contributed by atoms with E-state index in [-0.39, 0.29) is 12.1 Å². The van der Waals surface area contributed by atoms with Gasteiger partial charge < -0.3 is 14.5 Å². The van der Waals surface area contributed by atoms with Crippen LogP contribution in [-0.2, 0) is 11.3 Å². The first kappa shape index (κ1) is 15.6. The fourth-order valence-electron chi connectivity index (χ4n) is 2.66. The fourth-order valence-corrected chi connectivity index (χ4v) is 2.66. The van der Waals surface area contributed by atoms with Crippen LogP contribution < -0.4 is 10.6 Å². The monoisotopic (exact) mass is 318 g/mol. The molecule has 2 N–H and O–H groups in total. The average molecular weight is 318 g/mol. The van der Waals surface area contributed by atoms with Gasteiger partial charge in [0.05, 0.1) is 18.8 Å². The summed E-state index contributed by atoms with van der Waals surface area (Å²) in [4.78, 5) is 12.2. The second kappa shape index (κ2) is 6.87. The summed E-state index contributed by atoms with van der Waals surface area (Å²) in [6.45, 7) is 6.05. The molecular weight excluding hydrogens is 296 g/mol. The summed E-state index contributed by atoms with van der Waals surface area (Å²) in [7, 11) is 0. The number of amides is 2. The molecule has 0 radical (unpaired) electrons. The number of nitrogens with zero attached hydrogens (tertiary/aromatic N) is 2. The molecule has 1 saturated heterocycles. The van der Waals surface area contributed by atoms with E-state index >= 15 is 0 Å². The Bertz CT molecular complexity index is 658. The van der Waals surface area contributed by atoms with Crippen LogP contribution in [0.25, 0.3) is 0 Å². The number of hydrogen-bond acceptors (Lipinski definition) is 4. The zero-order valence-corrected chi connectivity index (χ0v) is 13.4. The summed E-state index contributed by atoms with van der Waals surface area (Å²) in [6.07, 6.45) is 2.71. The van der Waals surface area contributed by atoms with Crippen molar-refractivity contribution in [2.75, 3.05) is 18.5 Å². The van der Waals surface area contributed by atoms with Gasteiger partial charge in [-0.3, -0.25) is 5.32 Å². The van der Waals surface area contributed by atoms with Gasteiger partial charge in [-0.05, 0) is 32.4 Å². The molecule has 0 aliphatic carbocycles. The van der Waals surface area contributed by atoms with Crippen LogP contribution in [0.15, 0.2) is 28.8 Å². The lowest BCUT2D eigenvalue weighted by Crippen LogP contribution is -2.32. The van der Waals surface area contributed by atoms with Gasteiger partial charge in [0.1, 0.15) is 17.3 Å². The van der Waals surface area contributed by atoms with Gasteiger partial charge in [0, 0.05) is 25.1 Å². The van der Waals surface area contributed by atoms with E-state index in [1.807, 2.05) is 26.0 Å². The Morgan fingerprint density at radius 1 is 1.48 bits per heavy atom. The van der Waals surface area contributed by atoms with E-state index in [0.29, 0.717) is 11.7 Å². The van der Waals surface area contributed by atoms with Gasteiger partial charge in [-0.1, -0.05) is 0 Å². The summed E-state index contributed by atoms with van der Waals surface area (Å²) < 4.78 is 12.7. The van der Waals surface area contributed by atoms with E-state index in [0.717, 1.165) is 37.7 Å². The highest BCUT2D eigenvalue weighted by molar-refractivity contribution is 5.88. The van der Waals surface area contributed by atoms with Gasteiger partial charge in [0.2, 0.25) is 0 Å². The van der Waals surface area contributed by atoms with Crippen molar-refractivity contribution in [3.05, 3.63) is 35.9 Å². The quantitative estimate of drug-likeness (QED) is 0.888. The van der Waals surface area contributed by atoms with Crippen molar-refractivity contribution in [3.63, 3.8) is 0 Å². The number of carbonyl (C=O) groups is 1. The summed E-state index contributed by atoms with van der Waals surface area (Å²) in [6, 6.07) is 5.05. The number of aryl methyl sites for hydroxylation is 1. The Labute approximate surface area is 135 Å². The molecule has 23 heavy (non-hydrogen) atoms. The van der Waals surface area contributed by atoms with Crippen LogP contribution in [0.4, 0.5) is 10.6 Å². The van der Waals surface area contributed by atoms with Crippen LogP contribution >= 0.6 is 0 Å². The maximum atomic E-state index is 12.2. The fraction of sp³-hybridized carbons (Fsp3) is 0.500. The third-order valence-electron chi connectivity index (χ3n) is 3.95. The Hall–Kier alpha value is -2.28. The van der Waals surface area contributed by atoms with E-state index in [9.17, 15) is 4.79 Å². The summed E-state index contributed by atoms with van der Waals surface area (Å²) >= 11 is 0. The maximum Gasteiger partial charge on any atom is 0.320 e. The molecule has 0 unspecified atom stereocenters. The minimum Gasteiger partial charge on any atom is -0.464 e. The number of aromatic nitrogens is 2. The lowest BCUT2D eigenvalue weighted by atomic mass is 10.1. The van der Waals surface area contributed by atoms with Crippen LogP contribution in [0.5, 0.6) is 0 Å². The molecule has 7 nitrogen and oxygen atoms in total. The molecule has 0 bridgehead atoms. The van der Waals surface area contributed by atoms with Crippen molar-refractivity contribution in [1.29, 1.82) is 0 Å². The Kier molecular flexibility index (Phi) is 4.66. The van der Waals surface area contributed by atoms with Crippen LogP contribution in [0, 0.1) is 12.8 Å². The average Bonchev–Trinajstić information content (AvgIpc) is 3.23. The number of rotatable bonds is 5. The highest BCUT2D eigenvalue weighted by Gasteiger charge is 2.19. The molecule has 0 spiro atoms. The number of hydrogen-bond donors (Lipinski definition) is 2. The van der Waals surface area contributed by atoms with Crippen molar-refractivity contribution >= 4 is 11.8 Å². The lowest BCUT2D eigenvalue weighted by molar-refractivity contribution is 0.181. The topological polar surface area (TPSA) is 81.3 Å². The van der Waals surface area contributed by atoms with Crippen LogP contribution in [0.3, 0.4) is 0 Å². The van der Waals surface area contributed by atoms with Crippen LogP contribution in [0.1, 0.15) is 30.9 Å². The Morgan fingerprint density at radius 2 is 2.35 bits per heavy atom. The number of nitrogens with one attached hydrogen (secondary N) is 2. The standard InChI is InChI=1S/C16H22N4O3/c1-11-3-4-14(23-11)12(2)18-16(21)19-15-5-7-17-20(15)9-13-6-8-22-10-13/h3-5,7,12-13H,6,8-10H2,1-2H3,(H2,18,19,21)/t12-,13-/m0/s1. The maximum absolute atomic E-state index is 12.2. The molecule has 3 rings (SSSR count). The van der Waals surface area contributed by atoms with Crippen LogP contribution in [0.2, 0.25) is 0 Å². The summed E-state index contributed by atoms with van der Waals surface area (Å²) in [5.74, 6) is 2.68. The molecule has 2 aromatic heterocycles. The third-order valence-corrected chi connectivity index (χ3v) is 3.95. The van der Waals surface area contributed by atoms with Crippen molar-refractivity contribution in [2.24, 2.45) is 5.92 Å². The van der Waals surface area contributed by atoms with E-state index < -0.39 is 0 Å². The Morgan fingerprint density at radius 3 is 3.04 bits per heavy atom. The molecular formula is C16H22N4O3. The molecule has 1 aliphatic heterocycles. The second-order valence-corrected chi connectivity index (χ2v) is 5.90. The van der Waals surface area contributed by atoms with Gasteiger partial charge in [-0.25, -0.2) is 9.48 Å². The summed E-state index contributed by atoms with van der Waals surface area (Å²) in [5, 5.41) is 9.97. The number of carbonyl (C=O) groups excluding carboxylic acids is 1. The van der Waals surface area contributed by atoms with Gasteiger partial charge in [0.15, 0.2) is 0 Å². The zero-order valence-electron chi connectivity index (χ0n) is 13.4. The molecule has 1 aliphatic rings. The molecule has 2 atom stereocenters. The second-order valence-electron chi connectivity index (χ2n) is 5.90. The SMILES string of the molecule is Cc1ccc([C@H](C)NC(=O)Nc2ccnn2C[C@@H]2CCOC2)o1. The van der Waals surface area contributed by atoms with Crippen molar-refractivity contribution < 1.29 is 13.9 Å². The number of furan rings is 1. The number of ether oxygens (including phenoxy) is 1. The highest BCUT2D eigenvalue weighted by atomic mass is 16.5. The van der Waals surface area contributed by atoms with Crippen LogP contribution in [-0.4, -0.2) is 29.0 Å². The smallest absolute Gasteiger partial charge is 0.320 e. The molecule has 7 heteroatoms. The highest BCUT2D eigenvalue weighted by Crippen LogP contribution is 2.18. The molecule has 3 heterocycles. The summed E-state index contributed by atoms with van der Waals surface area (Å²) in [5.41, 5.74) is 0. The first-order chi connectivity index (χ1) is 11.1. The van der Waals surface area contributed by atoms with Crippen molar-refractivity contribution in [1.82, 2.24) is 15.1 Å². The largest absolute Gasteiger partial charge is 0.464 e. The van der Waals surface area contributed by atoms with E-state index in [2.05, 4.69) is 15.7 Å². The van der Waals surface area contributed by atoms with E-state index in [1.54, 1.807) is 16.9 Å². The lowest BCUT2D eigenvalue weighted by Gasteiger charge is -2.15. The molecule has 0 aromatic carbocycles. The molecule has 0 saturated carbocycles. The first-order valence-corrected chi connectivity index (χ1v) is 7.85. The number of urea groups is 1.